The summed E-state index contributed by atoms with van der Waals surface area (Å²) in [5.74, 6) is -0.513. The Bertz CT molecular complexity index is 1470. The Hall–Kier alpha value is -4.01. The number of hydrogen-bond acceptors (Lipinski definition) is 4. The topological polar surface area (TPSA) is 83.8 Å². The number of amides is 1. The molecule has 0 aliphatic carbocycles. The van der Waals surface area contributed by atoms with Crippen molar-refractivity contribution in [3.8, 4) is 5.69 Å². The number of nitrogens with one attached hydrogen (secondary N) is 1. The van der Waals surface area contributed by atoms with Crippen LogP contribution in [0.5, 0.6) is 0 Å². The fraction of sp³-hybridized carbons (Fsp3) is 0.172. The molecule has 0 fully saturated rings. The molecule has 0 unspecified atom stereocenters. The molecule has 4 aromatic rings. The molecule has 37 heavy (non-hydrogen) atoms. The van der Waals surface area contributed by atoms with Crippen LogP contribution >= 0.6 is 0 Å². The van der Waals surface area contributed by atoms with E-state index in [-0.39, 0.29) is 18.0 Å². The van der Waals surface area contributed by atoms with Gasteiger partial charge < -0.3 is 4.57 Å². The second-order valence-electron chi connectivity index (χ2n) is 8.68. The molecule has 0 saturated heterocycles. The zero-order valence-electron chi connectivity index (χ0n) is 20.9. The van der Waals surface area contributed by atoms with Crippen molar-refractivity contribution in [3.05, 3.63) is 120 Å². The van der Waals surface area contributed by atoms with Crippen molar-refractivity contribution in [3.63, 3.8) is 0 Å². The summed E-state index contributed by atoms with van der Waals surface area (Å²) >= 11 is 0. The van der Waals surface area contributed by atoms with Crippen LogP contribution in [0.25, 0.3) is 5.69 Å². The van der Waals surface area contributed by atoms with E-state index in [9.17, 15) is 13.2 Å². The molecular weight excluding hydrogens is 484 g/mol. The molecule has 0 aliphatic heterocycles. The first-order valence-electron chi connectivity index (χ1n) is 12.0. The number of aromatic nitrogens is 1. The number of aryl methyl sites for hydroxylation is 1. The lowest BCUT2D eigenvalue weighted by Gasteiger charge is -2.21. The van der Waals surface area contributed by atoms with Crippen LogP contribution in [-0.4, -0.2) is 42.5 Å². The van der Waals surface area contributed by atoms with Crippen LogP contribution in [0.3, 0.4) is 0 Å². The molecule has 7 nitrogen and oxygen atoms in total. The molecule has 8 heteroatoms. The maximum atomic E-state index is 13.3. The highest BCUT2D eigenvalue weighted by molar-refractivity contribution is 7.89. The number of hydrazone groups is 1. The standard InChI is InChI=1S/C29H30N4O3S/c1-23-20-26(24(2)33(23)27-14-8-4-9-15-27)21-30-31-29(34)22-32(19-18-25-12-6-3-7-13-25)37(35,36)28-16-10-5-11-17-28/h3-17,20-21H,18-19,22H2,1-2H3,(H,31,34)/b30-21-. The van der Waals surface area contributed by atoms with Gasteiger partial charge in [-0.15, -0.1) is 0 Å². The molecule has 0 radical (unpaired) electrons. The summed E-state index contributed by atoms with van der Waals surface area (Å²) < 4.78 is 29.9. The van der Waals surface area contributed by atoms with Gasteiger partial charge in [0, 0.05) is 29.2 Å². The Balaban J connectivity index is 1.47. The van der Waals surface area contributed by atoms with Crippen LogP contribution < -0.4 is 5.43 Å². The molecule has 0 atom stereocenters. The highest BCUT2D eigenvalue weighted by Gasteiger charge is 2.26. The molecule has 1 amide bonds. The SMILES string of the molecule is Cc1cc(/C=N\NC(=O)CN(CCc2ccccc2)S(=O)(=O)c2ccccc2)c(C)n1-c1ccccc1. The van der Waals surface area contributed by atoms with Gasteiger partial charge in [-0.25, -0.2) is 13.8 Å². The van der Waals surface area contributed by atoms with Gasteiger partial charge in [-0.1, -0.05) is 66.7 Å². The quantitative estimate of drug-likeness (QED) is 0.250. The van der Waals surface area contributed by atoms with Crippen molar-refractivity contribution in [2.45, 2.75) is 25.2 Å². The molecule has 0 aliphatic rings. The second kappa shape index (κ2) is 11.8. The molecule has 4 rings (SSSR count). The van der Waals surface area contributed by atoms with Gasteiger partial charge in [-0.2, -0.15) is 9.41 Å². The molecular formula is C29H30N4O3S. The third kappa shape index (κ3) is 6.41. The largest absolute Gasteiger partial charge is 0.318 e. The molecule has 0 spiro atoms. The maximum absolute atomic E-state index is 13.3. The molecule has 190 valence electrons. The normalized spacial score (nSPS) is 11.8. The first-order chi connectivity index (χ1) is 17.9. The number of rotatable bonds is 10. The Morgan fingerprint density at radius 3 is 2.16 bits per heavy atom. The Morgan fingerprint density at radius 1 is 0.919 bits per heavy atom. The smallest absolute Gasteiger partial charge is 0.255 e. The monoisotopic (exact) mass is 514 g/mol. The van der Waals surface area contributed by atoms with E-state index in [1.165, 1.54) is 16.4 Å². The summed E-state index contributed by atoms with van der Waals surface area (Å²) in [5.41, 5.74) is 7.41. The molecule has 3 aromatic carbocycles. The lowest BCUT2D eigenvalue weighted by atomic mass is 10.1. The van der Waals surface area contributed by atoms with Gasteiger partial charge in [0.25, 0.3) is 5.91 Å². The first-order valence-corrected chi connectivity index (χ1v) is 13.5. The van der Waals surface area contributed by atoms with E-state index in [2.05, 4.69) is 15.1 Å². The van der Waals surface area contributed by atoms with E-state index < -0.39 is 15.9 Å². The fourth-order valence-corrected chi connectivity index (χ4v) is 5.60. The number of hydrogen-bond donors (Lipinski definition) is 1. The van der Waals surface area contributed by atoms with E-state index in [1.54, 1.807) is 24.4 Å². The number of sulfonamides is 1. The average molecular weight is 515 g/mol. The summed E-state index contributed by atoms with van der Waals surface area (Å²) in [6, 6.07) is 29.7. The Morgan fingerprint density at radius 2 is 1.51 bits per heavy atom. The van der Waals surface area contributed by atoms with Gasteiger partial charge in [0.1, 0.15) is 0 Å². The molecule has 1 N–H and O–H groups in total. The van der Waals surface area contributed by atoms with Gasteiger partial charge in [0.2, 0.25) is 10.0 Å². The van der Waals surface area contributed by atoms with E-state index in [0.29, 0.717) is 6.42 Å². The van der Waals surface area contributed by atoms with Crippen LogP contribution in [0.1, 0.15) is 22.5 Å². The van der Waals surface area contributed by atoms with Gasteiger partial charge in [-0.3, -0.25) is 4.79 Å². The van der Waals surface area contributed by atoms with Crippen LogP contribution in [0.4, 0.5) is 0 Å². The minimum atomic E-state index is -3.87. The molecule has 0 bridgehead atoms. The molecule has 0 saturated carbocycles. The number of para-hydroxylation sites is 1. The Labute approximate surface area is 218 Å². The van der Waals surface area contributed by atoms with E-state index in [4.69, 9.17) is 0 Å². The molecule has 1 heterocycles. The minimum absolute atomic E-state index is 0.146. The summed E-state index contributed by atoms with van der Waals surface area (Å²) in [5, 5.41) is 4.12. The van der Waals surface area contributed by atoms with E-state index in [0.717, 1.165) is 28.2 Å². The zero-order chi connectivity index (χ0) is 26.3. The van der Waals surface area contributed by atoms with Crippen molar-refractivity contribution in [2.75, 3.05) is 13.1 Å². The summed E-state index contributed by atoms with van der Waals surface area (Å²) in [7, 11) is -3.87. The maximum Gasteiger partial charge on any atom is 0.255 e. The lowest BCUT2D eigenvalue weighted by molar-refractivity contribution is -0.121. The van der Waals surface area contributed by atoms with Crippen molar-refractivity contribution in [1.82, 2.24) is 14.3 Å². The highest BCUT2D eigenvalue weighted by Crippen LogP contribution is 2.19. The first kappa shape index (κ1) is 26.1. The van der Waals surface area contributed by atoms with Gasteiger partial charge in [-0.05, 0) is 56.2 Å². The zero-order valence-corrected chi connectivity index (χ0v) is 21.7. The van der Waals surface area contributed by atoms with Crippen LogP contribution in [0.2, 0.25) is 0 Å². The number of carbonyl (C=O) groups excluding carboxylic acids is 1. The van der Waals surface area contributed by atoms with Crippen molar-refractivity contribution >= 4 is 22.1 Å². The summed E-state index contributed by atoms with van der Waals surface area (Å²) in [6.07, 6.45) is 2.06. The van der Waals surface area contributed by atoms with Crippen LogP contribution in [-0.2, 0) is 21.2 Å². The lowest BCUT2D eigenvalue weighted by Crippen LogP contribution is -2.40. The number of benzene rings is 3. The highest BCUT2D eigenvalue weighted by atomic mass is 32.2. The van der Waals surface area contributed by atoms with Gasteiger partial charge in [0.15, 0.2) is 0 Å². The van der Waals surface area contributed by atoms with Crippen molar-refractivity contribution < 1.29 is 13.2 Å². The van der Waals surface area contributed by atoms with Crippen molar-refractivity contribution in [1.29, 1.82) is 0 Å². The van der Waals surface area contributed by atoms with E-state index >= 15 is 0 Å². The third-order valence-corrected chi connectivity index (χ3v) is 7.93. The Kier molecular flexibility index (Phi) is 8.32. The van der Waals surface area contributed by atoms with Crippen molar-refractivity contribution in [2.24, 2.45) is 5.10 Å². The number of carbonyl (C=O) groups is 1. The van der Waals surface area contributed by atoms with Crippen LogP contribution in [0, 0.1) is 13.8 Å². The average Bonchev–Trinajstić information content (AvgIpc) is 3.20. The predicted molar refractivity (Wildman–Crippen MR) is 146 cm³/mol. The van der Waals surface area contributed by atoms with Gasteiger partial charge in [0.05, 0.1) is 17.7 Å². The fourth-order valence-electron chi connectivity index (χ4n) is 4.19. The summed E-state index contributed by atoms with van der Waals surface area (Å²) in [6.45, 7) is 3.82. The van der Waals surface area contributed by atoms with Crippen LogP contribution in [0.15, 0.2) is 107 Å². The number of nitrogens with zero attached hydrogens (tertiary/aromatic N) is 3. The minimum Gasteiger partial charge on any atom is -0.318 e. The molecule has 1 aromatic heterocycles. The summed E-state index contributed by atoms with van der Waals surface area (Å²) in [4.78, 5) is 12.9. The van der Waals surface area contributed by atoms with Gasteiger partial charge >= 0.3 is 0 Å². The van der Waals surface area contributed by atoms with E-state index in [1.807, 2.05) is 80.6 Å². The third-order valence-electron chi connectivity index (χ3n) is 6.07. The second-order valence-corrected chi connectivity index (χ2v) is 10.6. The predicted octanol–water partition coefficient (Wildman–Crippen LogP) is 4.48.